The summed E-state index contributed by atoms with van der Waals surface area (Å²) in [5.74, 6) is 1.64. The molecule has 1 amide bonds. The van der Waals surface area contributed by atoms with E-state index >= 15 is 0 Å². The van der Waals surface area contributed by atoms with Crippen molar-refractivity contribution in [2.24, 2.45) is 13.0 Å². The quantitative estimate of drug-likeness (QED) is 0.420. The van der Waals surface area contributed by atoms with Crippen molar-refractivity contribution in [1.29, 1.82) is 0 Å². The van der Waals surface area contributed by atoms with Crippen LogP contribution in [-0.4, -0.2) is 68.8 Å². The van der Waals surface area contributed by atoms with Crippen molar-refractivity contribution in [3.63, 3.8) is 0 Å². The van der Waals surface area contributed by atoms with Gasteiger partial charge in [0.05, 0.1) is 29.9 Å². The van der Waals surface area contributed by atoms with Crippen LogP contribution in [-0.2, 0) is 24.8 Å². The highest BCUT2D eigenvalue weighted by atomic mass is 35.5. The number of imidazole rings is 1. The zero-order valence-electron chi connectivity index (χ0n) is 20.3. The molecule has 2 fully saturated rings. The number of nitrogens with zero attached hydrogens (tertiary/aromatic N) is 5. The topological polar surface area (TPSA) is 77.2 Å². The van der Waals surface area contributed by atoms with Crippen LogP contribution in [0.3, 0.4) is 0 Å². The van der Waals surface area contributed by atoms with Gasteiger partial charge >= 0.3 is 0 Å². The Morgan fingerprint density at radius 2 is 2.06 bits per heavy atom. The number of nitrogens with one attached hydrogen (secondary N) is 1. The molecule has 1 atom stereocenters. The molecular weight excluding hydrogens is 476 g/mol. The molecule has 1 aliphatic carbocycles. The first-order chi connectivity index (χ1) is 17.5. The van der Waals surface area contributed by atoms with E-state index in [0.29, 0.717) is 24.2 Å². The predicted molar refractivity (Wildman–Crippen MR) is 139 cm³/mol. The molecular formula is C27H29ClN6O2. The van der Waals surface area contributed by atoms with Gasteiger partial charge in [0.2, 0.25) is 0 Å². The van der Waals surface area contributed by atoms with Crippen LogP contribution in [0.25, 0.3) is 33.6 Å². The maximum Gasteiger partial charge on any atom is 0.254 e. The lowest BCUT2D eigenvalue weighted by Crippen LogP contribution is -2.51. The molecule has 8 nitrogen and oxygen atoms in total. The van der Waals surface area contributed by atoms with Crippen LogP contribution in [0.1, 0.15) is 28.8 Å². The Morgan fingerprint density at radius 3 is 2.86 bits per heavy atom. The van der Waals surface area contributed by atoms with Gasteiger partial charge in [0, 0.05) is 50.2 Å². The van der Waals surface area contributed by atoms with Gasteiger partial charge < -0.3 is 24.1 Å². The van der Waals surface area contributed by atoms with Crippen molar-refractivity contribution in [2.45, 2.75) is 31.8 Å². The van der Waals surface area contributed by atoms with E-state index in [-0.39, 0.29) is 11.9 Å². The van der Waals surface area contributed by atoms with Crippen LogP contribution in [0.4, 0.5) is 0 Å². The molecule has 1 aromatic carbocycles. The fourth-order valence-corrected chi connectivity index (χ4v) is 5.80. The highest BCUT2D eigenvalue weighted by Gasteiger charge is 2.30. The zero-order chi connectivity index (χ0) is 24.4. The summed E-state index contributed by atoms with van der Waals surface area (Å²) in [5.41, 5.74) is 5.69. The van der Waals surface area contributed by atoms with E-state index in [1.165, 1.54) is 12.8 Å². The summed E-state index contributed by atoms with van der Waals surface area (Å²) < 4.78 is 10.0. The van der Waals surface area contributed by atoms with Gasteiger partial charge in [0.15, 0.2) is 5.82 Å². The van der Waals surface area contributed by atoms with Gasteiger partial charge in [-0.05, 0) is 61.1 Å². The number of aryl methyl sites for hydroxylation is 1. The minimum Gasteiger partial charge on any atom is -0.378 e. The Hall–Kier alpha value is -2.94. The molecule has 9 heteroatoms. The fraction of sp³-hybridized carbons (Fsp3) is 0.444. The van der Waals surface area contributed by atoms with Gasteiger partial charge in [-0.25, -0.2) is 9.97 Å². The number of amides is 1. The van der Waals surface area contributed by atoms with E-state index in [2.05, 4.69) is 38.6 Å². The lowest BCUT2D eigenvalue weighted by Gasteiger charge is -2.33. The molecule has 0 bridgehead atoms. The molecule has 0 unspecified atom stereocenters. The number of pyridine rings is 1. The first-order valence-corrected chi connectivity index (χ1v) is 13.2. The van der Waals surface area contributed by atoms with Gasteiger partial charge in [0.1, 0.15) is 10.8 Å². The number of carbonyl (C=O) groups is 1. The van der Waals surface area contributed by atoms with Crippen LogP contribution >= 0.6 is 11.6 Å². The first kappa shape index (κ1) is 22.3. The summed E-state index contributed by atoms with van der Waals surface area (Å²) >= 11 is 6.26. The molecule has 1 saturated carbocycles. The molecule has 1 N–H and O–H groups in total. The largest absolute Gasteiger partial charge is 0.378 e. The molecule has 7 rings (SSSR count). The minimum absolute atomic E-state index is 0.0828. The zero-order valence-corrected chi connectivity index (χ0v) is 21.1. The first-order valence-electron chi connectivity index (χ1n) is 12.8. The number of carbonyl (C=O) groups excluding carboxylic acids is 1. The predicted octanol–water partition coefficient (Wildman–Crippen LogP) is 3.64. The van der Waals surface area contributed by atoms with E-state index in [1.54, 1.807) is 0 Å². The second kappa shape index (κ2) is 8.57. The summed E-state index contributed by atoms with van der Waals surface area (Å²) in [6, 6.07) is 10.3. The van der Waals surface area contributed by atoms with Crippen LogP contribution in [0.5, 0.6) is 0 Å². The molecule has 5 heterocycles. The summed E-state index contributed by atoms with van der Waals surface area (Å²) in [5, 5.41) is 5.02. The molecule has 4 aromatic rings. The van der Waals surface area contributed by atoms with Gasteiger partial charge in [-0.3, -0.25) is 4.79 Å². The second-order valence-electron chi connectivity index (χ2n) is 10.3. The molecule has 186 valence electrons. The number of rotatable bonds is 5. The summed E-state index contributed by atoms with van der Waals surface area (Å²) in [7, 11) is 2.06. The maximum atomic E-state index is 13.4. The van der Waals surface area contributed by atoms with Crippen molar-refractivity contribution in [1.82, 2.24) is 29.3 Å². The van der Waals surface area contributed by atoms with Gasteiger partial charge in [-0.1, -0.05) is 11.6 Å². The Bertz CT molecular complexity index is 1500. The average molecular weight is 505 g/mol. The van der Waals surface area contributed by atoms with Crippen LogP contribution < -0.4 is 5.32 Å². The van der Waals surface area contributed by atoms with E-state index in [9.17, 15) is 4.79 Å². The van der Waals surface area contributed by atoms with Crippen molar-refractivity contribution < 1.29 is 9.53 Å². The third-order valence-electron chi connectivity index (χ3n) is 7.79. The van der Waals surface area contributed by atoms with E-state index in [4.69, 9.17) is 21.3 Å². The van der Waals surface area contributed by atoms with Crippen molar-refractivity contribution in [2.75, 3.05) is 32.8 Å². The monoisotopic (exact) mass is 504 g/mol. The highest BCUT2D eigenvalue weighted by molar-refractivity contribution is 6.29. The number of aromatic nitrogens is 4. The molecule has 0 radical (unpaired) electrons. The van der Waals surface area contributed by atoms with Crippen LogP contribution in [0, 0.1) is 5.92 Å². The molecule has 0 spiro atoms. The Balaban J connectivity index is 1.28. The van der Waals surface area contributed by atoms with E-state index in [0.717, 1.165) is 77.4 Å². The number of hydrogen-bond donors (Lipinski definition) is 1. The minimum atomic E-state index is 0.0828. The van der Waals surface area contributed by atoms with Gasteiger partial charge in [-0.15, -0.1) is 0 Å². The van der Waals surface area contributed by atoms with E-state index < -0.39 is 0 Å². The third kappa shape index (κ3) is 3.79. The summed E-state index contributed by atoms with van der Waals surface area (Å²) in [4.78, 5) is 25.1. The number of halogens is 1. The Morgan fingerprint density at radius 1 is 1.17 bits per heavy atom. The molecule has 3 aliphatic rings. The third-order valence-corrected chi connectivity index (χ3v) is 8.00. The number of hydrogen-bond acceptors (Lipinski definition) is 5. The van der Waals surface area contributed by atoms with Crippen LogP contribution in [0.15, 0.2) is 30.3 Å². The molecule has 3 aromatic heterocycles. The Labute approximate surface area is 214 Å². The maximum absolute atomic E-state index is 13.4. The number of ether oxygens (including phenoxy) is 1. The normalized spacial score (nSPS) is 20.4. The van der Waals surface area contributed by atoms with Crippen molar-refractivity contribution in [3.05, 3.63) is 46.6 Å². The molecule has 1 saturated heterocycles. The van der Waals surface area contributed by atoms with Gasteiger partial charge in [-0.2, -0.15) is 0 Å². The van der Waals surface area contributed by atoms with Crippen molar-refractivity contribution in [3.8, 4) is 11.5 Å². The summed E-state index contributed by atoms with van der Waals surface area (Å²) in [6.07, 6.45) is 3.33. The lowest BCUT2D eigenvalue weighted by atomic mass is 9.97. The SMILES string of the molecule is Cn1c(-c2cc3ccc(Cl)nc3n2CC2CC2)nc2cc3c(cc21)CCN(C[C@H]1COCCN1)C3=O. The van der Waals surface area contributed by atoms with Gasteiger partial charge in [0.25, 0.3) is 5.91 Å². The standard InChI is InChI=1S/C27H29ClN6O2/c1-32-22-10-17-6-8-33(14-19-15-36-9-7-29-19)27(35)20(17)12-21(22)30-26(32)23-11-18-4-5-24(28)31-25(18)34(23)13-16-2-3-16/h4-5,10-12,16,19,29H,2-3,6-9,13-15H2,1H3/t19-/m0/s1. The lowest BCUT2D eigenvalue weighted by molar-refractivity contribution is 0.0512. The number of morpholine rings is 1. The van der Waals surface area contributed by atoms with Crippen LogP contribution in [0.2, 0.25) is 5.15 Å². The Kier molecular flexibility index (Phi) is 5.30. The fourth-order valence-electron chi connectivity index (χ4n) is 5.65. The number of fused-ring (bicyclic) bond motifs is 3. The number of benzene rings is 1. The summed E-state index contributed by atoms with van der Waals surface area (Å²) in [6.45, 7) is 4.52. The molecule has 36 heavy (non-hydrogen) atoms. The highest BCUT2D eigenvalue weighted by Crippen LogP contribution is 2.37. The molecule has 2 aliphatic heterocycles. The second-order valence-corrected chi connectivity index (χ2v) is 10.7. The van der Waals surface area contributed by atoms with Crippen molar-refractivity contribution >= 4 is 39.6 Å². The smallest absolute Gasteiger partial charge is 0.254 e. The average Bonchev–Trinajstić information content (AvgIpc) is 3.57. The van der Waals surface area contributed by atoms with E-state index in [1.807, 2.05) is 23.1 Å².